The SMILES string of the molecule is CCOC(=O)c1cc2c(=O)n3ccccc3nc2n(C[C@H]2CCCO2)c1=NC(=O)CCc1ccccc1. The van der Waals surface area contributed by atoms with Crippen molar-refractivity contribution < 1.29 is 19.1 Å². The van der Waals surface area contributed by atoms with Gasteiger partial charge < -0.3 is 14.0 Å². The summed E-state index contributed by atoms with van der Waals surface area (Å²) in [5, 5.41) is 0.237. The molecule has 0 bridgehead atoms. The third kappa shape index (κ3) is 5.22. The second-order valence-corrected chi connectivity index (χ2v) is 8.92. The van der Waals surface area contributed by atoms with Crippen LogP contribution in [0, 0.1) is 0 Å². The van der Waals surface area contributed by atoms with E-state index < -0.39 is 5.97 Å². The van der Waals surface area contributed by atoms with Gasteiger partial charge in [-0.05, 0) is 49.9 Å². The highest BCUT2D eigenvalue weighted by Gasteiger charge is 2.23. The normalized spacial score (nSPS) is 15.9. The van der Waals surface area contributed by atoms with E-state index in [0.29, 0.717) is 30.9 Å². The van der Waals surface area contributed by atoms with E-state index in [2.05, 4.69) is 4.99 Å². The number of aromatic nitrogens is 3. The van der Waals surface area contributed by atoms with Gasteiger partial charge in [0.1, 0.15) is 16.9 Å². The molecule has 4 aromatic rings. The van der Waals surface area contributed by atoms with Gasteiger partial charge in [-0.3, -0.25) is 14.0 Å². The van der Waals surface area contributed by atoms with Crippen LogP contribution in [0.3, 0.4) is 0 Å². The van der Waals surface area contributed by atoms with Crippen LogP contribution in [0.15, 0.2) is 70.6 Å². The molecule has 1 aromatic carbocycles. The second-order valence-electron chi connectivity index (χ2n) is 8.92. The van der Waals surface area contributed by atoms with Crippen molar-refractivity contribution in [3.63, 3.8) is 0 Å². The molecule has 3 aromatic heterocycles. The summed E-state index contributed by atoms with van der Waals surface area (Å²) in [6.07, 6.45) is 3.87. The van der Waals surface area contributed by atoms with Crippen molar-refractivity contribution in [3.8, 4) is 0 Å². The Morgan fingerprint density at radius 1 is 1.16 bits per heavy atom. The van der Waals surface area contributed by atoms with Gasteiger partial charge in [0, 0.05) is 19.2 Å². The maximum absolute atomic E-state index is 13.4. The zero-order valence-electron chi connectivity index (χ0n) is 20.6. The molecule has 5 rings (SSSR count). The highest BCUT2D eigenvalue weighted by atomic mass is 16.5. The number of nitrogens with zero attached hydrogens (tertiary/aromatic N) is 4. The van der Waals surface area contributed by atoms with E-state index in [0.717, 1.165) is 18.4 Å². The number of hydrogen-bond donors (Lipinski definition) is 0. The highest BCUT2D eigenvalue weighted by Crippen LogP contribution is 2.17. The standard InChI is InChI=1S/C28H28N4O5/c1-2-36-28(35)22-17-21-25(29-23-12-6-7-15-31(23)27(21)34)32(18-20-11-8-16-37-20)26(22)30-24(33)14-13-19-9-4-3-5-10-19/h3-7,9-10,12,15,17,20H,2,8,11,13-14,16,18H2,1H3/t20-/m1/s1. The molecule has 37 heavy (non-hydrogen) atoms. The van der Waals surface area contributed by atoms with Gasteiger partial charge in [-0.25, -0.2) is 9.78 Å². The van der Waals surface area contributed by atoms with Crippen molar-refractivity contribution >= 4 is 28.6 Å². The lowest BCUT2D eigenvalue weighted by atomic mass is 10.1. The van der Waals surface area contributed by atoms with Crippen molar-refractivity contribution in [2.45, 2.75) is 45.3 Å². The molecule has 0 spiro atoms. The van der Waals surface area contributed by atoms with Gasteiger partial charge in [-0.15, -0.1) is 0 Å². The molecule has 1 saturated heterocycles. The van der Waals surface area contributed by atoms with Gasteiger partial charge in [0.05, 0.1) is 24.6 Å². The van der Waals surface area contributed by atoms with E-state index in [9.17, 15) is 14.4 Å². The van der Waals surface area contributed by atoms with E-state index in [1.165, 1.54) is 10.5 Å². The van der Waals surface area contributed by atoms with Crippen molar-refractivity contribution in [3.05, 3.63) is 87.8 Å². The maximum atomic E-state index is 13.4. The van der Waals surface area contributed by atoms with Crippen LogP contribution in [0.25, 0.3) is 16.7 Å². The molecule has 9 heteroatoms. The summed E-state index contributed by atoms with van der Waals surface area (Å²) >= 11 is 0. The monoisotopic (exact) mass is 500 g/mol. The number of fused-ring (bicyclic) bond motifs is 2. The molecule has 0 radical (unpaired) electrons. The van der Waals surface area contributed by atoms with Crippen LogP contribution in [0.5, 0.6) is 0 Å². The van der Waals surface area contributed by atoms with Crippen LogP contribution in [-0.2, 0) is 27.2 Å². The van der Waals surface area contributed by atoms with E-state index in [-0.39, 0.29) is 47.0 Å². The first-order valence-electron chi connectivity index (χ1n) is 12.5. The molecule has 1 atom stereocenters. The molecular formula is C28H28N4O5. The topological polar surface area (TPSA) is 104 Å². The van der Waals surface area contributed by atoms with Gasteiger partial charge in [0.25, 0.3) is 5.56 Å². The second kappa shape index (κ2) is 10.9. The number of pyridine rings is 2. The van der Waals surface area contributed by atoms with Crippen molar-refractivity contribution in [2.24, 2.45) is 4.99 Å². The quantitative estimate of drug-likeness (QED) is 0.285. The minimum absolute atomic E-state index is 0.0511. The van der Waals surface area contributed by atoms with Gasteiger partial charge in [-0.1, -0.05) is 36.4 Å². The Kier molecular flexibility index (Phi) is 7.23. The molecule has 0 unspecified atom stereocenters. The molecule has 9 nitrogen and oxygen atoms in total. The minimum atomic E-state index is -0.655. The largest absolute Gasteiger partial charge is 0.462 e. The number of esters is 1. The highest BCUT2D eigenvalue weighted by molar-refractivity contribution is 5.93. The Labute approximate surface area is 213 Å². The zero-order chi connectivity index (χ0) is 25.8. The summed E-state index contributed by atoms with van der Waals surface area (Å²) in [5.74, 6) is -1.04. The van der Waals surface area contributed by atoms with Crippen LogP contribution in [0.4, 0.5) is 0 Å². The molecule has 0 N–H and O–H groups in total. The number of benzene rings is 1. The predicted molar refractivity (Wildman–Crippen MR) is 137 cm³/mol. The van der Waals surface area contributed by atoms with E-state index in [1.807, 2.05) is 30.3 Å². The first kappa shape index (κ1) is 24.6. The fourth-order valence-electron chi connectivity index (χ4n) is 4.59. The predicted octanol–water partition coefficient (Wildman–Crippen LogP) is 3.07. The molecule has 1 amide bonds. The zero-order valence-corrected chi connectivity index (χ0v) is 20.6. The molecule has 190 valence electrons. The lowest BCUT2D eigenvalue weighted by Crippen LogP contribution is -2.35. The van der Waals surface area contributed by atoms with Gasteiger partial charge in [0.2, 0.25) is 5.91 Å². The fourth-order valence-corrected chi connectivity index (χ4v) is 4.59. The van der Waals surface area contributed by atoms with Crippen LogP contribution in [0.2, 0.25) is 0 Å². The number of ether oxygens (including phenoxy) is 2. The average molecular weight is 501 g/mol. The van der Waals surface area contributed by atoms with Gasteiger partial charge in [0.15, 0.2) is 5.49 Å². The number of aryl methyl sites for hydroxylation is 1. The first-order chi connectivity index (χ1) is 18.0. The van der Waals surface area contributed by atoms with Crippen molar-refractivity contribution in [2.75, 3.05) is 13.2 Å². The molecule has 0 saturated carbocycles. The molecule has 0 aliphatic carbocycles. The summed E-state index contributed by atoms with van der Waals surface area (Å²) in [6, 6.07) is 16.4. The third-order valence-corrected chi connectivity index (χ3v) is 6.40. The van der Waals surface area contributed by atoms with Crippen molar-refractivity contribution in [1.82, 2.24) is 14.0 Å². The van der Waals surface area contributed by atoms with Gasteiger partial charge in [-0.2, -0.15) is 4.99 Å². The Morgan fingerprint density at radius 3 is 2.73 bits per heavy atom. The molecule has 4 heterocycles. The Bertz CT molecular complexity index is 1580. The number of amides is 1. The summed E-state index contributed by atoms with van der Waals surface area (Å²) < 4.78 is 14.3. The lowest BCUT2D eigenvalue weighted by molar-refractivity contribution is -0.118. The van der Waals surface area contributed by atoms with Gasteiger partial charge >= 0.3 is 5.97 Å². The summed E-state index contributed by atoms with van der Waals surface area (Å²) in [4.78, 5) is 48.7. The van der Waals surface area contributed by atoms with Crippen LogP contribution < -0.4 is 11.0 Å². The molecule has 1 fully saturated rings. The van der Waals surface area contributed by atoms with Crippen LogP contribution >= 0.6 is 0 Å². The fraction of sp³-hybridized carbons (Fsp3) is 0.321. The first-order valence-corrected chi connectivity index (χ1v) is 12.5. The maximum Gasteiger partial charge on any atom is 0.341 e. The number of rotatable bonds is 7. The van der Waals surface area contributed by atoms with Crippen molar-refractivity contribution in [1.29, 1.82) is 0 Å². The third-order valence-electron chi connectivity index (χ3n) is 6.40. The van der Waals surface area contributed by atoms with Crippen LogP contribution in [-0.4, -0.2) is 45.1 Å². The van der Waals surface area contributed by atoms with E-state index >= 15 is 0 Å². The van der Waals surface area contributed by atoms with E-state index in [4.69, 9.17) is 14.5 Å². The Morgan fingerprint density at radius 2 is 1.97 bits per heavy atom. The molecular weight excluding hydrogens is 472 g/mol. The smallest absolute Gasteiger partial charge is 0.341 e. The van der Waals surface area contributed by atoms with Crippen LogP contribution in [0.1, 0.15) is 42.1 Å². The summed E-state index contributed by atoms with van der Waals surface area (Å²) in [6.45, 7) is 2.76. The van der Waals surface area contributed by atoms with E-state index in [1.54, 1.807) is 35.9 Å². The number of carbonyl (C=O) groups excluding carboxylic acids is 2. The molecule has 1 aliphatic rings. The minimum Gasteiger partial charge on any atom is -0.462 e. The Hall–Kier alpha value is -4.11. The number of hydrogen-bond acceptors (Lipinski definition) is 6. The average Bonchev–Trinajstić information content (AvgIpc) is 3.43. The summed E-state index contributed by atoms with van der Waals surface area (Å²) in [7, 11) is 0. The molecule has 1 aliphatic heterocycles. The lowest BCUT2D eigenvalue weighted by Gasteiger charge is -2.18. The Balaban J connectivity index is 1.72. The number of carbonyl (C=O) groups is 2. The summed E-state index contributed by atoms with van der Waals surface area (Å²) in [5.41, 5.74) is 1.67.